The second-order valence-corrected chi connectivity index (χ2v) is 6.26. The minimum absolute atomic E-state index is 0.212. The fraction of sp³-hybridized carbons (Fsp3) is 0.588. The first-order valence-corrected chi connectivity index (χ1v) is 7.82. The molecule has 2 atom stereocenters. The van der Waals surface area contributed by atoms with E-state index in [1.165, 1.54) is 18.4 Å². The van der Waals surface area contributed by atoms with E-state index in [4.69, 9.17) is 4.74 Å². The summed E-state index contributed by atoms with van der Waals surface area (Å²) in [5, 5.41) is 13.0. The summed E-state index contributed by atoms with van der Waals surface area (Å²) >= 11 is 0. The summed E-state index contributed by atoms with van der Waals surface area (Å²) < 4.78 is 5.68. The molecule has 0 spiro atoms. The number of anilines is 1. The van der Waals surface area contributed by atoms with Crippen LogP contribution in [0.4, 0.5) is 5.69 Å². The lowest BCUT2D eigenvalue weighted by Crippen LogP contribution is -2.47. The molecule has 1 aromatic carbocycles. The number of benzene rings is 1. The van der Waals surface area contributed by atoms with Crippen LogP contribution in [0.3, 0.4) is 0 Å². The third-order valence-corrected chi connectivity index (χ3v) is 4.27. The summed E-state index contributed by atoms with van der Waals surface area (Å²) in [5.41, 5.74) is 3.00. The predicted octanol–water partition coefficient (Wildman–Crippen LogP) is 2.42. The Morgan fingerprint density at radius 2 is 2.19 bits per heavy atom. The lowest BCUT2D eigenvalue weighted by atomic mass is 10.1. The molecular formula is C17H23N3O. The zero-order valence-electron chi connectivity index (χ0n) is 12.8. The standard InChI is InChI=1S/C17H23N3O/c1-12-11-21-13(2)10-20(12)17-6-3-14(7-15(17)8-18)9-19-16-4-5-16/h3,6-7,12-13,16,19H,4-5,9-11H2,1-2H3. The zero-order valence-corrected chi connectivity index (χ0v) is 12.8. The van der Waals surface area contributed by atoms with Gasteiger partial charge < -0.3 is 15.0 Å². The second kappa shape index (κ2) is 6.05. The van der Waals surface area contributed by atoms with Gasteiger partial charge in [-0.05, 0) is 44.4 Å². The van der Waals surface area contributed by atoms with Crippen LogP contribution in [0, 0.1) is 11.3 Å². The molecule has 0 radical (unpaired) electrons. The van der Waals surface area contributed by atoms with Crippen LogP contribution in [-0.2, 0) is 11.3 Å². The van der Waals surface area contributed by atoms with Gasteiger partial charge in [-0.15, -0.1) is 0 Å². The quantitative estimate of drug-likeness (QED) is 0.923. The monoisotopic (exact) mass is 285 g/mol. The van der Waals surface area contributed by atoms with Crippen LogP contribution in [-0.4, -0.2) is 31.3 Å². The van der Waals surface area contributed by atoms with Crippen LogP contribution in [0.15, 0.2) is 18.2 Å². The lowest BCUT2D eigenvalue weighted by Gasteiger charge is -2.39. The van der Waals surface area contributed by atoms with E-state index in [1.807, 2.05) is 6.07 Å². The topological polar surface area (TPSA) is 48.3 Å². The van der Waals surface area contributed by atoms with E-state index >= 15 is 0 Å². The van der Waals surface area contributed by atoms with Gasteiger partial charge in [-0.2, -0.15) is 5.26 Å². The van der Waals surface area contributed by atoms with Crippen molar-refractivity contribution in [3.8, 4) is 6.07 Å². The summed E-state index contributed by atoms with van der Waals surface area (Å²) in [6.45, 7) is 6.65. The predicted molar refractivity (Wildman–Crippen MR) is 83.2 cm³/mol. The molecule has 4 nitrogen and oxygen atoms in total. The van der Waals surface area contributed by atoms with Gasteiger partial charge in [-0.25, -0.2) is 0 Å². The molecular weight excluding hydrogens is 262 g/mol. The molecule has 0 bridgehead atoms. The van der Waals surface area contributed by atoms with Gasteiger partial charge in [-0.1, -0.05) is 6.07 Å². The molecule has 4 heteroatoms. The van der Waals surface area contributed by atoms with Crippen molar-refractivity contribution in [3.63, 3.8) is 0 Å². The maximum atomic E-state index is 9.49. The number of rotatable bonds is 4. The van der Waals surface area contributed by atoms with Gasteiger partial charge in [-0.3, -0.25) is 0 Å². The Morgan fingerprint density at radius 3 is 2.90 bits per heavy atom. The van der Waals surface area contributed by atoms with Crippen molar-refractivity contribution in [1.82, 2.24) is 5.32 Å². The summed E-state index contributed by atoms with van der Waals surface area (Å²) in [7, 11) is 0. The molecule has 1 saturated heterocycles. The fourth-order valence-corrected chi connectivity index (χ4v) is 2.82. The Balaban J connectivity index is 1.78. The molecule has 2 aliphatic rings. The molecule has 1 N–H and O–H groups in total. The van der Waals surface area contributed by atoms with E-state index in [0.717, 1.165) is 30.9 Å². The van der Waals surface area contributed by atoms with Crippen LogP contribution < -0.4 is 10.2 Å². The molecule has 1 aliphatic carbocycles. The van der Waals surface area contributed by atoms with E-state index < -0.39 is 0 Å². The maximum absolute atomic E-state index is 9.49. The van der Waals surface area contributed by atoms with Gasteiger partial charge in [0.05, 0.1) is 24.0 Å². The summed E-state index contributed by atoms with van der Waals surface area (Å²) in [6.07, 6.45) is 2.78. The van der Waals surface area contributed by atoms with Crippen LogP contribution >= 0.6 is 0 Å². The molecule has 1 heterocycles. The van der Waals surface area contributed by atoms with Crippen LogP contribution in [0.5, 0.6) is 0 Å². The van der Waals surface area contributed by atoms with Gasteiger partial charge >= 0.3 is 0 Å². The Morgan fingerprint density at radius 1 is 1.38 bits per heavy atom. The lowest BCUT2D eigenvalue weighted by molar-refractivity contribution is 0.0343. The number of ether oxygens (including phenoxy) is 1. The van der Waals surface area contributed by atoms with Crippen molar-refractivity contribution in [2.24, 2.45) is 0 Å². The second-order valence-electron chi connectivity index (χ2n) is 6.26. The summed E-state index contributed by atoms with van der Waals surface area (Å²) in [4.78, 5) is 2.30. The van der Waals surface area contributed by atoms with Gasteiger partial charge in [0.15, 0.2) is 0 Å². The number of nitrogens with zero attached hydrogens (tertiary/aromatic N) is 2. The van der Waals surface area contributed by atoms with Crippen molar-refractivity contribution in [2.75, 3.05) is 18.1 Å². The highest BCUT2D eigenvalue weighted by Gasteiger charge is 2.25. The molecule has 21 heavy (non-hydrogen) atoms. The minimum atomic E-state index is 0.212. The maximum Gasteiger partial charge on any atom is 0.101 e. The smallest absolute Gasteiger partial charge is 0.101 e. The van der Waals surface area contributed by atoms with E-state index in [9.17, 15) is 5.26 Å². The van der Waals surface area contributed by atoms with E-state index in [0.29, 0.717) is 12.1 Å². The Bertz CT molecular complexity index is 547. The molecule has 0 aromatic heterocycles. The number of hydrogen-bond donors (Lipinski definition) is 1. The molecule has 2 unspecified atom stereocenters. The third-order valence-electron chi connectivity index (χ3n) is 4.27. The summed E-state index contributed by atoms with van der Waals surface area (Å²) in [5.74, 6) is 0. The van der Waals surface area contributed by atoms with Crippen LogP contribution in [0.1, 0.15) is 37.8 Å². The SMILES string of the molecule is CC1CN(c2ccc(CNC3CC3)cc2C#N)C(C)CO1. The zero-order chi connectivity index (χ0) is 14.8. The number of hydrogen-bond acceptors (Lipinski definition) is 4. The van der Waals surface area contributed by atoms with E-state index in [-0.39, 0.29) is 6.10 Å². The van der Waals surface area contributed by atoms with E-state index in [1.54, 1.807) is 0 Å². The average molecular weight is 285 g/mol. The number of morpholine rings is 1. The Hall–Kier alpha value is -1.57. The Kier molecular flexibility index (Phi) is 4.14. The highest BCUT2D eigenvalue weighted by molar-refractivity contribution is 5.61. The first kappa shape index (κ1) is 14.4. The van der Waals surface area contributed by atoms with Crippen molar-refractivity contribution in [3.05, 3.63) is 29.3 Å². The highest BCUT2D eigenvalue weighted by Crippen LogP contribution is 2.27. The third kappa shape index (κ3) is 3.37. The molecule has 1 aliphatic heterocycles. The van der Waals surface area contributed by atoms with E-state index in [2.05, 4.69) is 42.3 Å². The van der Waals surface area contributed by atoms with Crippen LogP contribution in [0.2, 0.25) is 0 Å². The number of nitrogens with one attached hydrogen (secondary N) is 1. The first-order valence-electron chi connectivity index (χ1n) is 7.82. The minimum Gasteiger partial charge on any atom is -0.375 e. The van der Waals surface area contributed by atoms with Crippen molar-refractivity contribution in [1.29, 1.82) is 5.26 Å². The van der Waals surface area contributed by atoms with Gasteiger partial charge in [0.1, 0.15) is 6.07 Å². The molecule has 1 aromatic rings. The van der Waals surface area contributed by atoms with Crippen molar-refractivity contribution in [2.45, 2.75) is 51.4 Å². The molecule has 1 saturated carbocycles. The molecule has 3 rings (SSSR count). The molecule has 0 amide bonds. The Labute approximate surface area is 126 Å². The average Bonchev–Trinajstić information content (AvgIpc) is 3.32. The molecule has 112 valence electrons. The largest absolute Gasteiger partial charge is 0.375 e. The van der Waals surface area contributed by atoms with Crippen LogP contribution in [0.25, 0.3) is 0 Å². The van der Waals surface area contributed by atoms with Gasteiger partial charge in [0.25, 0.3) is 0 Å². The molecule has 2 fully saturated rings. The fourth-order valence-electron chi connectivity index (χ4n) is 2.82. The highest BCUT2D eigenvalue weighted by atomic mass is 16.5. The summed E-state index contributed by atoms with van der Waals surface area (Å²) in [6, 6.07) is 9.62. The van der Waals surface area contributed by atoms with Crippen molar-refractivity contribution < 1.29 is 4.74 Å². The van der Waals surface area contributed by atoms with Gasteiger partial charge in [0.2, 0.25) is 0 Å². The normalized spacial score (nSPS) is 25.7. The van der Waals surface area contributed by atoms with Crippen molar-refractivity contribution >= 4 is 5.69 Å². The number of nitriles is 1. The first-order chi connectivity index (χ1) is 10.2. The van der Waals surface area contributed by atoms with Gasteiger partial charge in [0, 0.05) is 25.2 Å².